The highest BCUT2D eigenvalue weighted by molar-refractivity contribution is 5.86. The number of aromatic amines is 1. The Morgan fingerprint density at radius 3 is 2.79 bits per heavy atom. The van der Waals surface area contributed by atoms with E-state index < -0.39 is 0 Å². The predicted molar refractivity (Wildman–Crippen MR) is 93.6 cm³/mol. The maximum absolute atomic E-state index is 12.4. The van der Waals surface area contributed by atoms with Crippen LogP contribution in [0.15, 0.2) is 17.2 Å². The average Bonchev–Trinajstić information content (AvgIpc) is 2.59. The fraction of sp³-hybridized carbons (Fsp3) is 0.556. The molecule has 3 rings (SSSR count). The molecule has 0 saturated carbocycles. The molecule has 1 aliphatic heterocycles. The molecule has 1 aromatic heterocycles. The third-order valence-corrected chi connectivity index (χ3v) is 4.71. The van der Waals surface area contributed by atoms with Gasteiger partial charge in [-0.2, -0.15) is 0 Å². The standard InChI is InChI=1S/C18H25N3O3/c1-4-24-13-5-7-21(8-6-13)10-14-15(23-3)9-12(2)17-16(14)18(22)20-11-19-17/h9,11,13H,4-8,10H2,1-3H3,(H,19,20,22). The van der Waals surface area contributed by atoms with E-state index in [1.807, 2.05) is 19.9 Å². The van der Waals surface area contributed by atoms with Crippen molar-refractivity contribution in [1.82, 2.24) is 14.9 Å². The average molecular weight is 331 g/mol. The first-order valence-electron chi connectivity index (χ1n) is 8.51. The molecule has 6 nitrogen and oxygen atoms in total. The van der Waals surface area contributed by atoms with Crippen LogP contribution < -0.4 is 10.3 Å². The highest BCUT2D eigenvalue weighted by atomic mass is 16.5. The molecule has 6 heteroatoms. The van der Waals surface area contributed by atoms with Gasteiger partial charge in [0.1, 0.15) is 5.75 Å². The number of ether oxygens (including phenoxy) is 2. The highest BCUT2D eigenvalue weighted by Gasteiger charge is 2.22. The van der Waals surface area contributed by atoms with E-state index in [4.69, 9.17) is 9.47 Å². The third kappa shape index (κ3) is 3.30. The van der Waals surface area contributed by atoms with Gasteiger partial charge in [0.15, 0.2) is 0 Å². The number of H-pyrrole nitrogens is 1. The Kier molecular flexibility index (Phi) is 5.16. The molecule has 2 aromatic rings. The van der Waals surface area contributed by atoms with Gasteiger partial charge >= 0.3 is 0 Å². The van der Waals surface area contributed by atoms with Crippen molar-refractivity contribution in [2.75, 3.05) is 26.8 Å². The molecule has 1 fully saturated rings. The molecule has 1 saturated heterocycles. The number of piperidine rings is 1. The van der Waals surface area contributed by atoms with Gasteiger partial charge in [0.25, 0.3) is 5.56 Å². The third-order valence-electron chi connectivity index (χ3n) is 4.71. The number of hydrogen-bond acceptors (Lipinski definition) is 5. The number of hydrogen-bond donors (Lipinski definition) is 1. The minimum absolute atomic E-state index is 0.110. The lowest BCUT2D eigenvalue weighted by molar-refractivity contribution is 0.0125. The Bertz CT molecular complexity index is 764. The molecule has 0 unspecified atom stereocenters. The Hall–Kier alpha value is -1.92. The van der Waals surface area contributed by atoms with E-state index in [2.05, 4.69) is 14.9 Å². The molecule has 1 aliphatic rings. The summed E-state index contributed by atoms with van der Waals surface area (Å²) in [6.45, 7) is 7.36. The zero-order valence-electron chi connectivity index (χ0n) is 14.6. The fourth-order valence-corrected chi connectivity index (χ4v) is 3.49. The summed E-state index contributed by atoms with van der Waals surface area (Å²) in [7, 11) is 1.65. The summed E-state index contributed by atoms with van der Waals surface area (Å²) in [4.78, 5) is 21.8. The number of aromatic nitrogens is 2. The number of rotatable bonds is 5. The summed E-state index contributed by atoms with van der Waals surface area (Å²) < 4.78 is 11.3. The minimum atomic E-state index is -0.110. The number of methoxy groups -OCH3 is 1. The van der Waals surface area contributed by atoms with Gasteiger partial charge < -0.3 is 14.5 Å². The Morgan fingerprint density at radius 2 is 2.12 bits per heavy atom. The van der Waals surface area contributed by atoms with E-state index in [1.54, 1.807) is 7.11 Å². The maximum Gasteiger partial charge on any atom is 0.259 e. The Balaban J connectivity index is 1.92. The van der Waals surface area contributed by atoms with Crippen LogP contribution in [0.4, 0.5) is 0 Å². The molecule has 0 bridgehead atoms. The molecule has 24 heavy (non-hydrogen) atoms. The smallest absolute Gasteiger partial charge is 0.259 e. The van der Waals surface area contributed by atoms with Gasteiger partial charge in [0, 0.05) is 31.8 Å². The van der Waals surface area contributed by atoms with Crippen LogP contribution in [0.1, 0.15) is 30.9 Å². The van der Waals surface area contributed by atoms with Crippen LogP contribution in [0.25, 0.3) is 10.9 Å². The van der Waals surface area contributed by atoms with Gasteiger partial charge in [-0.15, -0.1) is 0 Å². The second-order valence-electron chi connectivity index (χ2n) is 6.26. The van der Waals surface area contributed by atoms with Crippen LogP contribution in [-0.4, -0.2) is 47.8 Å². The highest BCUT2D eigenvalue weighted by Crippen LogP contribution is 2.29. The van der Waals surface area contributed by atoms with Gasteiger partial charge in [-0.25, -0.2) is 4.98 Å². The van der Waals surface area contributed by atoms with Crippen LogP contribution in [0.3, 0.4) is 0 Å². The normalized spacial score (nSPS) is 16.6. The summed E-state index contributed by atoms with van der Waals surface area (Å²) in [6, 6.07) is 1.97. The fourth-order valence-electron chi connectivity index (χ4n) is 3.49. The lowest BCUT2D eigenvalue weighted by atomic mass is 10.0. The number of likely N-dealkylation sites (tertiary alicyclic amines) is 1. The summed E-state index contributed by atoms with van der Waals surface area (Å²) in [5.74, 6) is 0.755. The molecule has 0 aliphatic carbocycles. The van der Waals surface area contributed by atoms with Gasteiger partial charge in [0.05, 0.1) is 30.4 Å². The zero-order valence-corrected chi connectivity index (χ0v) is 14.6. The van der Waals surface area contributed by atoms with E-state index in [1.165, 1.54) is 6.33 Å². The molecule has 1 aromatic carbocycles. The van der Waals surface area contributed by atoms with E-state index in [-0.39, 0.29) is 5.56 Å². The topological polar surface area (TPSA) is 67.5 Å². The van der Waals surface area contributed by atoms with Crippen LogP contribution in [0.2, 0.25) is 0 Å². The molecule has 130 valence electrons. The lowest BCUT2D eigenvalue weighted by Crippen LogP contribution is -2.36. The van der Waals surface area contributed by atoms with Crippen LogP contribution in [0.5, 0.6) is 5.75 Å². The van der Waals surface area contributed by atoms with Crippen molar-refractivity contribution < 1.29 is 9.47 Å². The van der Waals surface area contributed by atoms with Crippen molar-refractivity contribution in [1.29, 1.82) is 0 Å². The Labute approximate surface area is 141 Å². The van der Waals surface area contributed by atoms with Crippen LogP contribution >= 0.6 is 0 Å². The molecule has 0 amide bonds. The molecule has 0 spiro atoms. The number of aryl methyl sites for hydroxylation is 1. The van der Waals surface area contributed by atoms with Crippen LogP contribution in [0, 0.1) is 6.92 Å². The van der Waals surface area contributed by atoms with E-state index in [9.17, 15) is 4.79 Å². The summed E-state index contributed by atoms with van der Waals surface area (Å²) in [6.07, 6.45) is 3.86. The van der Waals surface area contributed by atoms with E-state index >= 15 is 0 Å². The summed E-state index contributed by atoms with van der Waals surface area (Å²) in [5.41, 5.74) is 2.51. The summed E-state index contributed by atoms with van der Waals surface area (Å²) in [5, 5.41) is 0.640. The molecule has 0 atom stereocenters. The number of nitrogens with one attached hydrogen (secondary N) is 1. The van der Waals surface area contributed by atoms with Gasteiger partial charge in [-0.3, -0.25) is 9.69 Å². The van der Waals surface area contributed by atoms with Gasteiger partial charge in [0.2, 0.25) is 0 Å². The van der Waals surface area contributed by atoms with Gasteiger partial charge in [-0.05, 0) is 38.3 Å². The van der Waals surface area contributed by atoms with Crippen molar-refractivity contribution in [2.45, 2.75) is 39.3 Å². The largest absolute Gasteiger partial charge is 0.496 e. The number of fused-ring (bicyclic) bond motifs is 1. The van der Waals surface area contributed by atoms with Crippen molar-refractivity contribution in [3.8, 4) is 5.75 Å². The van der Waals surface area contributed by atoms with E-state index in [0.29, 0.717) is 18.0 Å². The predicted octanol–water partition coefficient (Wildman–Crippen LogP) is 2.24. The molecular weight excluding hydrogens is 306 g/mol. The summed E-state index contributed by atoms with van der Waals surface area (Å²) >= 11 is 0. The molecule has 1 N–H and O–H groups in total. The maximum atomic E-state index is 12.4. The van der Waals surface area contributed by atoms with Crippen molar-refractivity contribution in [3.63, 3.8) is 0 Å². The van der Waals surface area contributed by atoms with Crippen LogP contribution in [-0.2, 0) is 11.3 Å². The number of benzene rings is 1. The first kappa shape index (κ1) is 16.9. The lowest BCUT2D eigenvalue weighted by Gasteiger charge is -2.32. The quantitative estimate of drug-likeness (QED) is 0.910. The van der Waals surface area contributed by atoms with Crippen molar-refractivity contribution in [2.24, 2.45) is 0 Å². The first-order valence-corrected chi connectivity index (χ1v) is 8.51. The second-order valence-corrected chi connectivity index (χ2v) is 6.26. The monoisotopic (exact) mass is 331 g/mol. The van der Waals surface area contributed by atoms with Gasteiger partial charge in [-0.1, -0.05) is 0 Å². The second kappa shape index (κ2) is 7.32. The van der Waals surface area contributed by atoms with Crippen molar-refractivity contribution in [3.05, 3.63) is 33.9 Å². The minimum Gasteiger partial charge on any atom is -0.496 e. The molecule has 2 heterocycles. The first-order chi connectivity index (χ1) is 11.6. The SMILES string of the molecule is CCOC1CCN(Cc2c(OC)cc(C)c3nc[nH]c(=O)c23)CC1. The van der Waals surface area contributed by atoms with Crippen molar-refractivity contribution >= 4 is 10.9 Å². The van der Waals surface area contributed by atoms with E-state index in [0.717, 1.165) is 54.9 Å². The molecule has 0 radical (unpaired) electrons. The molecular formula is C18H25N3O3. The number of nitrogens with zero attached hydrogens (tertiary/aromatic N) is 2. The Morgan fingerprint density at radius 1 is 1.38 bits per heavy atom. The zero-order chi connectivity index (χ0) is 17.1.